The third-order valence-electron chi connectivity index (χ3n) is 4.72. The van der Waals surface area contributed by atoms with Crippen molar-refractivity contribution in [3.63, 3.8) is 0 Å². The molecule has 5 nitrogen and oxygen atoms in total. The molecule has 1 fully saturated rings. The first kappa shape index (κ1) is 17.0. The minimum absolute atomic E-state index is 0.0262. The lowest BCUT2D eigenvalue weighted by Gasteiger charge is -2.21. The third kappa shape index (κ3) is 3.47. The smallest absolute Gasteiger partial charge is 0.239 e. The topological polar surface area (TPSA) is 65.7 Å². The largest absolute Gasteiger partial charge is 0.461 e. The number of fused-ring (bicyclic) bond motifs is 1. The number of carbonyl (C=O) groups excluding carboxylic acids is 1. The number of furan rings is 1. The number of hydrogen-bond acceptors (Lipinski definition) is 4. The summed E-state index contributed by atoms with van der Waals surface area (Å²) in [5, 5.41) is 13.8. The van der Waals surface area contributed by atoms with Crippen LogP contribution in [0.5, 0.6) is 0 Å². The molecule has 130 valence electrons. The highest BCUT2D eigenvalue weighted by atomic mass is 16.3. The molecule has 2 atom stereocenters. The Morgan fingerprint density at radius 3 is 2.92 bits per heavy atom. The predicted octanol–water partition coefficient (Wildman–Crippen LogP) is 2.46. The molecule has 24 heavy (non-hydrogen) atoms. The van der Waals surface area contributed by atoms with Gasteiger partial charge >= 0.3 is 0 Å². The van der Waals surface area contributed by atoms with E-state index < -0.39 is 6.10 Å². The van der Waals surface area contributed by atoms with E-state index in [0.29, 0.717) is 19.5 Å². The van der Waals surface area contributed by atoms with E-state index in [9.17, 15) is 9.90 Å². The van der Waals surface area contributed by atoms with Crippen molar-refractivity contribution in [1.29, 1.82) is 0 Å². The second kappa shape index (κ2) is 7.36. The molecule has 2 N–H and O–H groups in total. The molecule has 0 bridgehead atoms. The number of rotatable bonds is 6. The molecule has 1 aromatic heterocycles. The quantitative estimate of drug-likeness (QED) is 0.854. The molecule has 1 aliphatic heterocycles. The first-order valence-corrected chi connectivity index (χ1v) is 8.75. The van der Waals surface area contributed by atoms with Gasteiger partial charge in [0.2, 0.25) is 5.91 Å². The maximum Gasteiger partial charge on any atom is 0.239 e. The van der Waals surface area contributed by atoms with Gasteiger partial charge in [-0.3, -0.25) is 4.79 Å². The van der Waals surface area contributed by atoms with Crippen LogP contribution in [0.1, 0.15) is 37.5 Å². The molecule has 0 unspecified atom stereocenters. The fourth-order valence-corrected chi connectivity index (χ4v) is 3.35. The van der Waals surface area contributed by atoms with E-state index in [1.807, 2.05) is 25.2 Å². The molecule has 2 heterocycles. The normalized spacial score (nSPS) is 20.6. The average Bonchev–Trinajstić information content (AvgIpc) is 3.16. The molecular weight excluding hydrogens is 304 g/mol. The van der Waals surface area contributed by atoms with Crippen LogP contribution >= 0.6 is 0 Å². The number of amides is 1. The number of carbonyl (C=O) groups is 1. The van der Waals surface area contributed by atoms with Crippen LogP contribution in [0, 0.1) is 0 Å². The molecule has 3 rings (SSSR count). The fourth-order valence-electron chi connectivity index (χ4n) is 3.35. The van der Waals surface area contributed by atoms with Crippen LogP contribution in [0.4, 0.5) is 0 Å². The lowest BCUT2D eigenvalue weighted by Crippen LogP contribution is -2.41. The van der Waals surface area contributed by atoms with Crippen LogP contribution in [-0.4, -0.2) is 41.7 Å². The van der Waals surface area contributed by atoms with Crippen molar-refractivity contribution in [3.8, 4) is 0 Å². The number of unbranched alkanes of at least 4 members (excludes halogenated alkanes) is 1. The number of aliphatic hydroxyl groups is 1. The third-order valence-corrected chi connectivity index (χ3v) is 4.72. The minimum Gasteiger partial charge on any atom is -0.461 e. The molecule has 1 saturated heterocycles. The first-order chi connectivity index (χ1) is 11.6. The number of likely N-dealkylation sites (N-methyl/N-ethyl adjacent to an activating group) is 1. The molecular formula is C19H26N2O3. The minimum atomic E-state index is -0.428. The summed E-state index contributed by atoms with van der Waals surface area (Å²) in [6.45, 7) is 3.18. The van der Waals surface area contributed by atoms with E-state index in [-0.39, 0.29) is 11.9 Å². The van der Waals surface area contributed by atoms with Crippen molar-refractivity contribution in [2.45, 2.75) is 51.3 Å². The summed E-state index contributed by atoms with van der Waals surface area (Å²) in [5.41, 5.74) is 1.99. The van der Waals surface area contributed by atoms with E-state index in [0.717, 1.165) is 41.6 Å². The standard InChI is InChI=1S/C19H26N2O3/c1-3-4-8-18-15(14-7-5-6-9-17(14)24-18)12-21(2)19(23)16-10-13(22)11-20-16/h5-7,9,13,16,20,22H,3-4,8,10-12H2,1-2H3/t13-,16-/m1/s1. The van der Waals surface area contributed by atoms with Crippen molar-refractivity contribution in [2.24, 2.45) is 0 Å². The zero-order valence-corrected chi connectivity index (χ0v) is 14.4. The van der Waals surface area contributed by atoms with Gasteiger partial charge in [-0.05, 0) is 18.9 Å². The molecule has 5 heteroatoms. The Morgan fingerprint density at radius 1 is 1.42 bits per heavy atom. The molecule has 1 amide bonds. The summed E-state index contributed by atoms with van der Waals surface area (Å²) in [6.07, 6.45) is 3.12. The van der Waals surface area contributed by atoms with Gasteiger partial charge in [0.25, 0.3) is 0 Å². The Kier molecular flexibility index (Phi) is 5.21. The van der Waals surface area contributed by atoms with E-state index in [4.69, 9.17) is 4.42 Å². The van der Waals surface area contributed by atoms with Gasteiger partial charge in [-0.15, -0.1) is 0 Å². The Hall–Kier alpha value is -1.85. The number of β-amino-alcohol motifs (C(OH)–C–C–N with tert-alkyl or cyclic N) is 1. The number of hydrogen-bond donors (Lipinski definition) is 2. The number of nitrogens with zero attached hydrogens (tertiary/aromatic N) is 1. The SMILES string of the molecule is CCCCc1oc2ccccc2c1CN(C)C(=O)[C@H]1C[C@@H](O)CN1. The lowest BCUT2D eigenvalue weighted by molar-refractivity contribution is -0.132. The van der Waals surface area contributed by atoms with Crippen molar-refractivity contribution >= 4 is 16.9 Å². The molecule has 1 aliphatic rings. The number of benzene rings is 1. The van der Waals surface area contributed by atoms with Gasteiger partial charge in [0.1, 0.15) is 11.3 Å². The van der Waals surface area contributed by atoms with E-state index in [1.165, 1.54) is 0 Å². The Morgan fingerprint density at radius 2 is 2.21 bits per heavy atom. The summed E-state index contributed by atoms with van der Waals surface area (Å²) in [6, 6.07) is 7.71. The van der Waals surface area contributed by atoms with Crippen molar-refractivity contribution in [1.82, 2.24) is 10.2 Å². The van der Waals surface area contributed by atoms with Gasteiger partial charge in [-0.25, -0.2) is 0 Å². The second-order valence-electron chi connectivity index (χ2n) is 6.65. The number of aryl methyl sites for hydroxylation is 1. The van der Waals surface area contributed by atoms with Crippen LogP contribution in [0.25, 0.3) is 11.0 Å². The summed E-state index contributed by atoms with van der Waals surface area (Å²) in [4.78, 5) is 14.3. The van der Waals surface area contributed by atoms with E-state index >= 15 is 0 Å². The Labute approximate surface area is 142 Å². The van der Waals surface area contributed by atoms with Crippen LogP contribution in [0.2, 0.25) is 0 Å². The highest BCUT2D eigenvalue weighted by molar-refractivity contribution is 5.85. The highest BCUT2D eigenvalue weighted by Crippen LogP contribution is 2.28. The molecule has 0 saturated carbocycles. The van der Waals surface area contributed by atoms with Gasteiger partial charge < -0.3 is 19.7 Å². The first-order valence-electron chi connectivity index (χ1n) is 8.75. The van der Waals surface area contributed by atoms with Crippen LogP contribution in [-0.2, 0) is 17.8 Å². The van der Waals surface area contributed by atoms with Crippen molar-refractivity contribution in [2.75, 3.05) is 13.6 Å². The lowest BCUT2D eigenvalue weighted by atomic mass is 10.1. The molecule has 0 radical (unpaired) electrons. The molecule has 0 spiro atoms. The summed E-state index contributed by atoms with van der Waals surface area (Å²) in [5.74, 6) is 1.01. The van der Waals surface area contributed by atoms with Gasteiger partial charge in [0.05, 0.1) is 12.1 Å². The summed E-state index contributed by atoms with van der Waals surface area (Å²) < 4.78 is 6.03. The summed E-state index contributed by atoms with van der Waals surface area (Å²) >= 11 is 0. The van der Waals surface area contributed by atoms with E-state index in [2.05, 4.69) is 18.3 Å². The van der Waals surface area contributed by atoms with Crippen LogP contribution in [0.3, 0.4) is 0 Å². The molecule has 0 aliphatic carbocycles. The Balaban J connectivity index is 1.81. The Bertz CT molecular complexity index is 710. The van der Waals surface area contributed by atoms with Gasteiger partial charge in [0, 0.05) is 37.5 Å². The summed E-state index contributed by atoms with van der Waals surface area (Å²) in [7, 11) is 1.82. The zero-order valence-electron chi connectivity index (χ0n) is 14.4. The number of nitrogens with one attached hydrogen (secondary N) is 1. The number of aliphatic hydroxyl groups excluding tert-OH is 1. The molecule has 1 aromatic carbocycles. The number of para-hydroxylation sites is 1. The van der Waals surface area contributed by atoms with Gasteiger partial charge in [-0.1, -0.05) is 31.5 Å². The monoisotopic (exact) mass is 330 g/mol. The fraction of sp³-hybridized carbons (Fsp3) is 0.526. The highest BCUT2D eigenvalue weighted by Gasteiger charge is 2.30. The zero-order chi connectivity index (χ0) is 17.1. The predicted molar refractivity (Wildman–Crippen MR) is 93.7 cm³/mol. The van der Waals surface area contributed by atoms with Gasteiger partial charge in [0.15, 0.2) is 0 Å². The van der Waals surface area contributed by atoms with E-state index in [1.54, 1.807) is 4.90 Å². The second-order valence-corrected chi connectivity index (χ2v) is 6.65. The van der Waals surface area contributed by atoms with Crippen LogP contribution < -0.4 is 5.32 Å². The molecule has 2 aromatic rings. The maximum absolute atomic E-state index is 12.6. The van der Waals surface area contributed by atoms with Gasteiger partial charge in [-0.2, -0.15) is 0 Å². The van der Waals surface area contributed by atoms with Crippen molar-refractivity contribution in [3.05, 3.63) is 35.6 Å². The maximum atomic E-state index is 12.6. The average molecular weight is 330 g/mol. The van der Waals surface area contributed by atoms with Crippen LogP contribution in [0.15, 0.2) is 28.7 Å². The van der Waals surface area contributed by atoms with Crippen molar-refractivity contribution < 1.29 is 14.3 Å².